The number of nitrogens with one attached hydrogen (secondary N) is 1. The highest BCUT2D eigenvalue weighted by Gasteiger charge is 2.30. The molecule has 1 atom stereocenters. The second-order valence-electron chi connectivity index (χ2n) is 5.91. The number of amides is 1. The maximum atomic E-state index is 12.9. The molecule has 28 heavy (non-hydrogen) atoms. The number of hydrogen-bond donors (Lipinski definition) is 1. The number of methoxy groups -OCH3 is 1. The van der Waals surface area contributed by atoms with Gasteiger partial charge in [-0.3, -0.25) is 15.1 Å². The van der Waals surface area contributed by atoms with Gasteiger partial charge >= 0.3 is 6.18 Å². The summed E-state index contributed by atoms with van der Waals surface area (Å²) in [5, 5.41) is 16.7. The molecule has 0 aliphatic rings. The maximum Gasteiger partial charge on any atom is 0.416 e. The average molecular weight is 390 g/mol. The van der Waals surface area contributed by atoms with Crippen LogP contribution in [0.1, 0.15) is 22.9 Å². The highest BCUT2D eigenvalue weighted by molar-refractivity contribution is 5.95. The predicted molar refractivity (Wildman–Crippen MR) is 92.7 cm³/mol. The zero-order valence-electron chi connectivity index (χ0n) is 14.6. The van der Waals surface area contributed by atoms with Crippen LogP contribution in [-0.4, -0.2) is 28.5 Å². The molecule has 0 saturated carbocycles. The van der Waals surface area contributed by atoms with Crippen LogP contribution in [0.3, 0.4) is 0 Å². The summed E-state index contributed by atoms with van der Waals surface area (Å²) in [5.41, 5.74) is -0.0844. The molecule has 2 aromatic carbocycles. The summed E-state index contributed by atoms with van der Waals surface area (Å²) in [7, 11) is 1.52. The molecule has 1 aromatic heterocycles. The molecule has 0 unspecified atom stereocenters. The zero-order chi connectivity index (χ0) is 20.1. The number of ether oxygens (including phenoxy) is 1. The monoisotopic (exact) mass is 390 g/mol. The van der Waals surface area contributed by atoms with Crippen molar-refractivity contribution in [3.05, 3.63) is 65.5 Å². The third-order valence-corrected chi connectivity index (χ3v) is 3.99. The van der Waals surface area contributed by atoms with Crippen molar-refractivity contribution in [3.63, 3.8) is 0 Å². The van der Waals surface area contributed by atoms with Gasteiger partial charge in [0.2, 0.25) is 5.91 Å². The van der Waals surface area contributed by atoms with Gasteiger partial charge in [-0.05, 0) is 42.3 Å². The van der Waals surface area contributed by atoms with E-state index in [0.717, 1.165) is 17.7 Å². The van der Waals surface area contributed by atoms with Crippen LogP contribution in [0.15, 0.2) is 48.5 Å². The molecule has 0 bridgehead atoms. The fourth-order valence-electron chi connectivity index (χ4n) is 2.63. The fraction of sp³-hybridized carbons (Fsp3) is 0.222. The minimum atomic E-state index is -4.51. The highest BCUT2D eigenvalue weighted by Crippen LogP contribution is 2.31. The Morgan fingerprint density at radius 3 is 2.68 bits per heavy atom. The number of anilines is 1. The first-order chi connectivity index (χ1) is 13.4. The predicted octanol–water partition coefficient (Wildman–Crippen LogP) is 2.82. The minimum Gasteiger partial charge on any atom is -0.497 e. The molecule has 3 rings (SSSR count). The van der Waals surface area contributed by atoms with E-state index in [-0.39, 0.29) is 17.9 Å². The molecule has 146 valence electrons. The van der Waals surface area contributed by atoms with E-state index in [1.807, 2.05) is 0 Å². The normalized spacial score (nSPS) is 12.4. The Bertz CT molecular complexity index is 944. The molecule has 10 heteroatoms. The molecule has 0 spiro atoms. The van der Waals surface area contributed by atoms with Crippen LogP contribution in [-0.2, 0) is 17.4 Å². The molecule has 0 saturated heterocycles. The number of carbonyl (C=O) groups excluding carboxylic acids is 1. The Morgan fingerprint density at radius 2 is 2.00 bits per heavy atom. The molecule has 0 fully saturated rings. The van der Waals surface area contributed by atoms with E-state index in [1.165, 1.54) is 19.2 Å². The standard InChI is InChI=1S/C18H16F3N5O2/c1-28-14-7-2-4-11(8-14)9-15(16-23-25-26-24-16)17(27)22-13-6-3-5-12(10-13)18(19,20)21/h2-8,10,15H,9H2,1H3,(H2,22,23,24,25,26,27)/p-1/t15-/m0/s1. The first-order valence-corrected chi connectivity index (χ1v) is 8.16. The number of hydrogen-bond acceptors (Lipinski definition) is 5. The van der Waals surface area contributed by atoms with Crippen LogP contribution in [0.2, 0.25) is 0 Å². The van der Waals surface area contributed by atoms with Crippen LogP contribution in [0.4, 0.5) is 18.9 Å². The van der Waals surface area contributed by atoms with Crippen molar-refractivity contribution in [1.82, 2.24) is 20.6 Å². The van der Waals surface area contributed by atoms with Gasteiger partial charge in [0.05, 0.1) is 18.6 Å². The number of benzene rings is 2. The molecule has 0 aliphatic carbocycles. The van der Waals surface area contributed by atoms with E-state index in [0.29, 0.717) is 5.75 Å². The Kier molecular flexibility index (Phi) is 5.57. The van der Waals surface area contributed by atoms with Crippen LogP contribution in [0.5, 0.6) is 5.75 Å². The third kappa shape index (κ3) is 4.64. The Hall–Kier alpha value is -3.43. The number of halogens is 3. The molecule has 3 aromatic rings. The van der Waals surface area contributed by atoms with Crippen molar-refractivity contribution in [1.29, 1.82) is 0 Å². The first kappa shape index (κ1) is 19.3. The van der Waals surface area contributed by atoms with E-state index < -0.39 is 23.6 Å². The Morgan fingerprint density at radius 1 is 1.21 bits per heavy atom. The number of rotatable bonds is 6. The summed E-state index contributed by atoms with van der Waals surface area (Å²) >= 11 is 0. The number of aromatic nitrogens is 4. The fourth-order valence-corrected chi connectivity index (χ4v) is 2.63. The van der Waals surface area contributed by atoms with E-state index in [9.17, 15) is 18.0 Å². The largest absolute Gasteiger partial charge is 0.497 e. The van der Waals surface area contributed by atoms with Gasteiger partial charge in [-0.2, -0.15) is 18.4 Å². The van der Waals surface area contributed by atoms with Gasteiger partial charge in [0.25, 0.3) is 0 Å². The van der Waals surface area contributed by atoms with Crippen molar-refractivity contribution in [2.75, 3.05) is 12.4 Å². The van der Waals surface area contributed by atoms with Crippen molar-refractivity contribution in [3.8, 4) is 5.75 Å². The molecule has 1 amide bonds. The molecule has 1 heterocycles. The van der Waals surface area contributed by atoms with Gasteiger partial charge in [-0.25, -0.2) is 0 Å². The van der Waals surface area contributed by atoms with Crippen molar-refractivity contribution >= 4 is 11.6 Å². The Balaban J connectivity index is 1.84. The molecule has 0 radical (unpaired) electrons. The minimum absolute atomic E-state index is 0.0166. The maximum absolute atomic E-state index is 12.9. The van der Waals surface area contributed by atoms with Crippen molar-refractivity contribution in [2.24, 2.45) is 0 Å². The molecule has 1 N–H and O–H groups in total. The van der Waals surface area contributed by atoms with Gasteiger partial charge in [-0.1, -0.05) is 18.2 Å². The lowest BCUT2D eigenvalue weighted by molar-refractivity contribution is -0.137. The summed E-state index contributed by atoms with van der Waals surface area (Å²) in [5.74, 6) is -0.782. The molecular weight excluding hydrogens is 375 g/mol. The van der Waals surface area contributed by atoms with E-state index in [4.69, 9.17) is 4.74 Å². The van der Waals surface area contributed by atoms with E-state index in [2.05, 4.69) is 25.9 Å². The smallest absolute Gasteiger partial charge is 0.416 e. The van der Waals surface area contributed by atoms with E-state index >= 15 is 0 Å². The summed E-state index contributed by atoms with van der Waals surface area (Å²) in [6, 6.07) is 11.4. The second kappa shape index (κ2) is 8.07. The lowest BCUT2D eigenvalue weighted by Gasteiger charge is -2.18. The van der Waals surface area contributed by atoms with Gasteiger partial charge in [0.15, 0.2) is 0 Å². The summed E-state index contributed by atoms with van der Waals surface area (Å²) in [6.45, 7) is 0. The van der Waals surface area contributed by atoms with Gasteiger partial charge in [0, 0.05) is 11.5 Å². The third-order valence-electron chi connectivity index (χ3n) is 3.99. The number of nitrogens with zero attached hydrogens (tertiary/aromatic N) is 4. The first-order valence-electron chi connectivity index (χ1n) is 8.16. The second-order valence-corrected chi connectivity index (χ2v) is 5.91. The van der Waals surface area contributed by atoms with Crippen LogP contribution in [0, 0.1) is 0 Å². The van der Waals surface area contributed by atoms with E-state index in [1.54, 1.807) is 24.3 Å². The van der Waals surface area contributed by atoms with Gasteiger partial charge in [-0.15, -0.1) is 0 Å². The van der Waals surface area contributed by atoms with Gasteiger partial charge < -0.3 is 15.2 Å². The summed E-state index contributed by atoms with van der Waals surface area (Å²) in [4.78, 5) is 12.8. The SMILES string of the molecule is COc1cccc(C[C@H](C(=O)Nc2cccc(C(F)(F)F)c2)c2nnn[n-]2)c1. The molecule has 0 aliphatic heterocycles. The quantitative estimate of drug-likeness (QED) is 0.696. The molecule has 7 nitrogen and oxygen atoms in total. The number of carbonyl (C=O) groups is 1. The summed E-state index contributed by atoms with van der Waals surface area (Å²) < 4.78 is 43.8. The van der Waals surface area contributed by atoms with Crippen molar-refractivity contribution in [2.45, 2.75) is 18.5 Å². The lowest BCUT2D eigenvalue weighted by atomic mass is 9.97. The van der Waals surface area contributed by atoms with Crippen LogP contribution >= 0.6 is 0 Å². The topological polar surface area (TPSA) is 91.1 Å². The molecular formula is C18H15F3N5O2-. The number of alkyl halides is 3. The Labute approximate surface area is 157 Å². The van der Waals surface area contributed by atoms with Crippen LogP contribution in [0.25, 0.3) is 0 Å². The zero-order valence-corrected chi connectivity index (χ0v) is 14.6. The lowest BCUT2D eigenvalue weighted by Crippen LogP contribution is -2.24. The van der Waals surface area contributed by atoms with Gasteiger partial charge in [0.1, 0.15) is 5.75 Å². The van der Waals surface area contributed by atoms with Crippen molar-refractivity contribution < 1.29 is 22.7 Å². The highest BCUT2D eigenvalue weighted by atomic mass is 19.4. The number of tetrazole rings is 1. The average Bonchev–Trinajstić information content (AvgIpc) is 3.20. The summed E-state index contributed by atoms with van der Waals surface area (Å²) in [6.07, 6.45) is -4.32. The van der Waals surface area contributed by atoms with Crippen LogP contribution < -0.4 is 15.2 Å².